The van der Waals surface area contributed by atoms with Crippen LogP contribution in [0.3, 0.4) is 0 Å². The van der Waals surface area contributed by atoms with Gasteiger partial charge in [0.2, 0.25) is 11.8 Å². The summed E-state index contributed by atoms with van der Waals surface area (Å²) in [7, 11) is 0. The van der Waals surface area contributed by atoms with Gasteiger partial charge in [-0.25, -0.2) is 0 Å². The van der Waals surface area contributed by atoms with Crippen molar-refractivity contribution in [1.29, 1.82) is 0 Å². The first-order valence-electron chi connectivity index (χ1n) is 9.58. The van der Waals surface area contributed by atoms with Crippen LogP contribution in [0.4, 0.5) is 5.69 Å². The summed E-state index contributed by atoms with van der Waals surface area (Å²) in [4.78, 5) is 24.5. The predicted molar refractivity (Wildman–Crippen MR) is 119 cm³/mol. The highest BCUT2D eigenvalue weighted by molar-refractivity contribution is 7.99. The summed E-state index contributed by atoms with van der Waals surface area (Å²) in [6, 6.07) is 11.9. The molecule has 2 N–H and O–H groups in total. The topological polar surface area (TPSA) is 88.9 Å². The summed E-state index contributed by atoms with van der Waals surface area (Å²) in [5.41, 5.74) is 5.99. The lowest BCUT2D eigenvalue weighted by atomic mass is 10.1. The van der Waals surface area contributed by atoms with E-state index in [-0.39, 0.29) is 24.1 Å². The summed E-state index contributed by atoms with van der Waals surface area (Å²) in [5, 5.41) is 14.2. The molecule has 0 aliphatic carbocycles. The number of aromatic nitrogens is 3. The van der Waals surface area contributed by atoms with Crippen molar-refractivity contribution in [1.82, 2.24) is 20.1 Å². The summed E-state index contributed by atoms with van der Waals surface area (Å²) in [6.07, 6.45) is 1.63. The number of nitrogens with zero attached hydrogens (tertiary/aromatic N) is 3. The lowest BCUT2D eigenvalue weighted by Crippen LogP contribution is -2.34. The molecule has 1 heterocycles. The quantitative estimate of drug-likeness (QED) is 0.569. The van der Waals surface area contributed by atoms with Crippen LogP contribution in [-0.2, 0) is 9.59 Å². The van der Waals surface area contributed by atoms with E-state index in [0.29, 0.717) is 5.16 Å². The van der Waals surface area contributed by atoms with Crippen molar-refractivity contribution in [2.75, 3.05) is 17.6 Å². The molecule has 0 bridgehead atoms. The maximum absolute atomic E-state index is 12.3. The first-order chi connectivity index (χ1) is 14.3. The predicted octanol–water partition coefficient (Wildman–Crippen LogP) is 3.35. The van der Waals surface area contributed by atoms with Gasteiger partial charge in [0.15, 0.2) is 5.16 Å². The van der Waals surface area contributed by atoms with Crippen LogP contribution < -0.4 is 10.6 Å². The van der Waals surface area contributed by atoms with Crippen LogP contribution in [0.5, 0.6) is 0 Å². The number of benzene rings is 2. The molecule has 0 radical (unpaired) electrons. The molecule has 8 heteroatoms. The summed E-state index contributed by atoms with van der Waals surface area (Å²) in [6.45, 7) is 7.84. The molecule has 7 nitrogen and oxygen atoms in total. The van der Waals surface area contributed by atoms with Crippen LogP contribution in [-0.4, -0.2) is 38.9 Å². The number of hydrogen-bond acceptors (Lipinski definition) is 5. The van der Waals surface area contributed by atoms with E-state index in [9.17, 15) is 9.59 Å². The van der Waals surface area contributed by atoms with E-state index in [1.807, 2.05) is 68.7 Å². The summed E-state index contributed by atoms with van der Waals surface area (Å²) in [5.74, 6) is -0.362. The van der Waals surface area contributed by atoms with Crippen LogP contribution in [0, 0.1) is 27.7 Å². The minimum absolute atomic E-state index is 0.0867. The van der Waals surface area contributed by atoms with Gasteiger partial charge in [0.25, 0.3) is 0 Å². The van der Waals surface area contributed by atoms with Crippen LogP contribution in [0.1, 0.15) is 22.3 Å². The van der Waals surface area contributed by atoms with Gasteiger partial charge < -0.3 is 10.6 Å². The van der Waals surface area contributed by atoms with E-state index in [2.05, 4.69) is 20.8 Å². The molecular formula is C22H25N5O2S. The van der Waals surface area contributed by atoms with E-state index >= 15 is 0 Å². The highest BCUT2D eigenvalue weighted by atomic mass is 32.2. The van der Waals surface area contributed by atoms with Gasteiger partial charge in [-0.05, 0) is 50.5 Å². The van der Waals surface area contributed by atoms with E-state index in [1.54, 1.807) is 6.33 Å². The molecule has 0 saturated heterocycles. The number of hydrogen-bond donors (Lipinski definition) is 2. The second-order valence-corrected chi connectivity index (χ2v) is 8.10. The Balaban J connectivity index is 1.52. The first-order valence-corrected chi connectivity index (χ1v) is 10.6. The molecule has 0 saturated carbocycles. The van der Waals surface area contributed by atoms with Crippen molar-refractivity contribution in [3.8, 4) is 5.69 Å². The minimum atomic E-state index is -0.258. The van der Waals surface area contributed by atoms with E-state index in [0.717, 1.165) is 33.6 Å². The van der Waals surface area contributed by atoms with Gasteiger partial charge in [0, 0.05) is 5.69 Å². The molecule has 2 aromatic carbocycles. The summed E-state index contributed by atoms with van der Waals surface area (Å²) >= 11 is 1.27. The number of aryl methyl sites for hydroxylation is 4. The largest absolute Gasteiger partial charge is 0.346 e. The van der Waals surface area contributed by atoms with Gasteiger partial charge >= 0.3 is 0 Å². The molecule has 0 fully saturated rings. The third-order valence-electron chi connectivity index (χ3n) is 4.61. The summed E-state index contributed by atoms with van der Waals surface area (Å²) < 4.78 is 1.85. The molecular weight excluding hydrogens is 398 g/mol. The third-order valence-corrected chi connectivity index (χ3v) is 5.55. The number of carbonyl (C=O) groups excluding carboxylic acids is 2. The number of amides is 2. The smallest absolute Gasteiger partial charge is 0.243 e. The highest BCUT2D eigenvalue weighted by Gasteiger charge is 2.13. The molecule has 0 unspecified atom stereocenters. The minimum Gasteiger partial charge on any atom is -0.346 e. The number of thioether (sulfide) groups is 1. The van der Waals surface area contributed by atoms with Gasteiger partial charge in [-0.1, -0.05) is 47.7 Å². The second kappa shape index (κ2) is 9.58. The fourth-order valence-electron chi connectivity index (χ4n) is 3.24. The zero-order valence-corrected chi connectivity index (χ0v) is 18.3. The Kier molecular flexibility index (Phi) is 6.89. The zero-order valence-electron chi connectivity index (χ0n) is 17.5. The first kappa shape index (κ1) is 21.6. The highest BCUT2D eigenvalue weighted by Crippen LogP contribution is 2.22. The monoisotopic (exact) mass is 423 g/mol. The van der Waals surface area contributed by atoms with Crippen LogP contribution in [0.25, 0.3) is 5.69 Å². The van der Waals surface area contributed by atoms with Crippen LogP contribution in [0.2, 0.25) is 0 Å². The van der Waals surface area contributed by atoms with Crippen molar-refractivity contribution in [3.05, 3.63) is 65.0 Å². The van der Waals surface area contributed by atoms with Crippen molar-refractivity contribution in [3.63, 3.8) is 0 Å². The Morgan fingerprint density at radius 2 is 1.70 bits per heavy atom. The Labute approximate surface area is 180 Å². The Bertz CT molecular complexity index is 1050. The molecule has 0 atom stereocenters. The maximum Gasteiger partial charge on any atom is 0.243 e. The zero-order chi connectivity index (χ0) is 21.7. The average molecular weight is 424 g/mol. The lowest BCUT2D eigenvalue weighted by Gasteiger charge is -2.13. The Morgan fingerprint density at radius 3 is 2.40 bits per heavy atom. The molecule has 156 valence electrons. The van der Waals surface area contributed by atoms with Crippen molar-refractivity contribution in [2.24, 2.45) is 0 Å². The lowest BCUT2D eigenvalue weighted by molar-refractivity contribution is -0.122. The van der Waals surface area contributed by atoms with Gasteiger partial charge in [-0.15, -0.1) is 10.2 Å². The number of rotatable bonds is 7. The van der Waals surface area contributed by atoms with Crippen molar-refractivity contribution >= 4 is 29.3 Å². The van der Waals surface area contributed by atoms with Gasteiger partial charge in [0.05, 0.1) is 18.0 Å². The standard InChI is InChI=1S/C22H25N5O2S/c1-14-9-16(3)21(17(4)10-14)25-19(28)11-23-20(29)12-30-22-26-24-13-27(22)18-8-6-5-7-15(18)2/h5-10,13H,11-12H2,1-4H3,(H,23,29)(H,25,28). The molecule has 1 aromatic heterocycles. The van der Waals surface area contributed by atoms with E-state index < -0.39 is 0 Å². The molecule has 3 rings (SSSR count). The molecule has 30 heavy (non-hydrogen) atoms. The average Bonchev–Trinajstić information content (AvgIpc) is 3.16. The third kappa shape index (κ3) is 5.27. The molecule has 3 aromatic rings. The fraction of sp³-hybridized carbons (Fsp3) is 0.273. The van der Waals surface area contributed by atoms with E-state index in [4.69, 9.17) is 0 Å². The normalized spacial score (nSPS) is 10.7. The van der Waals surface area contributed by atoms with Crippen LogP contribution in [0.15, 0.2) is 47.9 Å². The number of nitrogens with one attached hydrogen (secondary N) is 2. The van der Waals surface area contributed by atoms with Crippen LogP contribution >= 0.6 is 11.8 Å². The molecule has 0 aliphatic rings. The number of anilines is 1. The Hall–Kier alpha value is -3.13. The fourth-order valence-corrected chi connectivity index (χ4v) is 3.99. The molecule has 0 spiro atoms. The second-order valence-electron chi connectivity index (χ2n) is 7.16. The molecule has 0 aliphatic heterocycles. The number of para-hydroxylation sites is 1. The molecule has 2 amide bonds. The Morgan fingerprint density at radius 1 is 1.00 bits per heavy atom. The van der Waals surface area contributed by atoms with E-state index in [1.165, 1.54) is 11.8 Å². The SMILES string of the molecule is Cc1cc(C)c(NC(=O)CNC(=O)CSc2nncn2-c2ccccc2C)c(C)c1. The van der Waals surface area contributed by atoms with Crippen molar-refractivity contribution < 1.29 is 9.59 Å². The maximum atomic E-state index is 12.3. The van der Waals surface area contributed by atoms with Crippen molar-refractivity contribution in [2.45, 2.75) is 32.9 Å². The van der Waals surface area contributed by atoms with Gasteiger partial charge in [0.1, 0.15) is 6.33 Å². The number of carbonyl (C=O) groups is 2. The van der Waals surface area contributed by atoms with Gasteiger partial charge in [-0.2, -0.15) is 0 Å². The van der Waals surface area contributed by atoms with Gasteiger partial charge in [-0.3, -0.25) is 14.2 Å².